The molecule has 0 spiro atoms. The van der Waals surface area contributed by atoms with Crippen LogP contribution in [0.4, 0.5) is 5.82 Å². The standard InChI is InChI=1S/C23H33N3O4/c1-6-8-14-30-21(28)16(3)15-23(5,7-2)22(29)24-19-17(4)20(27)26(25-19)18-12-10-9-11-13-18/h9-13,16,25H,6-8,14-15H2,1-5H3,(H,24,29). The second kappa shape index (κ2) is 10.3. The Hall–Kier alpha value is -2.83. The van der Waals surface area contributed by atoms with E-state index >= 15 is 0 Å². The molecular formula is C23H33N3O4. The van der Waals surface area contributed by atoms with Gasteiger partial charge in [-0.15, -0.1) is 0 Å². The summed E-state index contributed by atoms with van der Waals surface area (Å²) in [6.45, 7) is 9.65. The monoisotopic (exact) mass is 415 g/mol. The van der Waals surface area contributed by atoms with Crippen LogP contribution in [0.15, 0.2) is 35.1 Å². The Morgan fingerprint density at radius 1 is 1.23 bits per heavy atom. The van der Waals surface area contributed by atoms with Gasteiger partial charge in [-0.2, -0.15) is 0 Å². The van der Waals surface area contributed by atoms with Crippen LogP contribution in [0, 0.1) is 18.3 Å². The van der Waals surface area contributed by atoms with Crippen molar-refractivity contribution < 1.29 is 14.3 Å². The SMILES string of the molecule is CCCCOC(=O)C(C)CC(C)(CC)C(=O)Nc1[nH]n(-c2ccccc2)c(=O)c1C. The first-order chi connectivity index (χ1) is 14.2. The van der Waals surface area contributed by atoms with Crippen molar-refractivity contribution in [2.24, 2.45) is 11.3 Å². The summed E-state index contributed by atoms with van der Waals surface area (Å²) in [7, 11) is 0. The van der Waals surface area contributed by atoms with Crippen LogP contribution in [0.2, 0.25) is 0 Å². The summed E-state index contributed by atoms with van der Waals surface area (Å²) in [4.78, 5) is 37.9. The summed E-state index contributed by atoms with van der Waals surface area (Å²) in [5, 5.41) is 5.85. The zero-order valence-corrected chi connectivity index (χ0v) is 18.6. The molecule has 0 aliphatic carbocycles. The number of aromatic nitrogens is 2. The minimum Gasteiger partial charge on any atom is -0.465 e. The molecule has 30 heavy (non-hydrogen) atoms. The highest BCUT2D eigenvalue weighted by molar-refractivity contribution is 5.95. The average molecular weight is 416 g/mol. The maximum Gasteiger partial charge on any atom is 0.308 e. The molecule has 1 aromatic carbocycles. The van der Waals surface area contributed by atoms with Gasteiger partial charge in [-0.25, -0.2) is 4.68 Å². The topological polar surface area (TPSA) is 93.2 Å². The molecule has 7 heteroatoms. The van der Waals surface area contributed by atoms with Crippen LogP contribution in [0.1, 0.15) is 58.9 Å². The first kappa shape index (κ1) is 23.4. The van der Waals surface area contributed by atoms with Gasteiger partial charge in [-0.1, -0.05) is 52.3 Å². The largest absolute Gasteiger partial charge is 0.465 e. The molecule has 2 unspecified atom stereocenters. The summed E-state index contributed by atoms with van der Waals surface area (Å²) in [6, 6.07) is 9.17. The molecule has 0 bridgehead atoms. The number of carbonyl (C=O) groups is 2. The van der Waals surface area contributed by atoms with E-state index in [9.17, 15) is 14.4 Å². The molecule has 7 nitrogen and oxygen atoms in total. The van der Waals surface area contributed by atoms with Crippen LogP contribution in [-0.2, 0) is 14.3 Å². The fourth-order valence-electron chi connectivity index (χ4n) is 3.28. The highest BCUT2D eigenvalue weighted by Crippen LogP contribution is 2.32. The Balaban J connectivity index is 2.14. The van der Waals surface area contributed by atoms with E-state index in [0.717, 1.165) is 12.8 Å². The first-order valence-electron chi connectivity index (χ1n) is 10.6. The van der Waals surface area contributed by atoms with E-state index < -0.39 is 11.3 Å². The maximum absolute atomic E-state index is 13.1. The Morgan fingerprint density at radius 2 is 1.90 bits per heavy atom. The zero-order chi connectivity index (χ0) is 22.3. The highest BCUT2D eigenvalue weighted by Gasteiger charge is 2.36. The lowest BCUT2D eigenvalue weighted by Gasteiger charge is -2.29. The maximum atomic E-state index is 13.1. The fraction of sp³-hybridized carbons (Fsp3) is 0.522. The molecule has 2 rings (SSSR count). The second-order valence-corrected chi connectivity index (χ2v) is 8.08. The molecule has 1 amide bonds. The molecule has 1 aromatic heterocycles. The second-order valence-electron chi connectivity index (χ2n) is 8.08. The van der Waals surface area contributed by atoms with E-state index in [2.05, 4.69) is 10.4 Å². The molecule has 164 valence electrons. The van der Waals surface area contributed by atoms with Crippen molar-refractivity contribution in [3.05, 3.63) is 46.2 Å². The minimum absolute atomic E-state index is 0.220. The summed E-state index contributed by atoms with van der Waals surface area (Å²) in [5.41, 5.74) is 0.120. The number of H-pyrrole nitrogens is 1. The van der Waals surface area contributed by atoms with Gasteiger partial charge in [-0.3, -0.25) is 19.5 Å². The summed E-state index contributed by atoms with van der Waals surface area (Å²) in [5.74, 6) is -0.545. The predicted octanol–water partition coefficient (Wildman–Crippen LogP) is 4.20. The Labute approximate surface area is 177 Å². The third kappa shape index (κ3) is 5.40. The predicted molar refractivity (Wildman–Crippen MR) is 118 cm³/mol. The number of amides is 1. The van der Waals surface area contributed by atoms with Crippen molar-refractivity contribution in [2.45, 2.75) is 60.3 Å². The van der Waals surface area contributed by atoms with Gasteiger partial charge in [0.1, 0.15) is 5.82 Å². The zero-order valence-electron chi connectivity index (χ0n) is 18.6. The van der Waals surface area contributed by atoms with Gasteiger partial charge in [-0.05, 0) is 38.3 Å². The van der Waals surface area contributed by atoms with Crippen molar-refractivity contribution in [1.29, 1.82) is 0 Å². The number of nitrogens with zero attached hydrogens (tertiary/aromatic N) is 1. The lowest BCUT2D eigenvalue weighted by molar-refractivity contribution is -0.149. The van der Waals surface area contributed by atoms with Gasteiger partial charge in [0, 0.05) is 5.41 Å². The summed E-state index contributed by atoms with van der Waals surface area (Å²) < 4.78 is 6.70. The smallest absolute Gasteiger partial charge is 0.308 e. The molecule has 0 saturated carbocycles. The number of para-hydroxylation sites is 1. The number of hydrogen-bond acceptors (Lipinski definition) is 4. The number of aromatic amines is 1. The van der Waals surface area contributed by atoms with Crippen LogP contribution in [0.5, 0.6) is 0 Å². The summed E-state index contributed by atoms with van der Waals surface area (Å²) >= 11 is 0. The van der Waals surface area contributed by atoms with Crippen LogP contribution < -0.4 is 10.9 Å². The lowest BCUT2D eigenvalue weighted by Crippen LogP contribution is -2.36. The first-order valence-corrected chi connectivity index (χ1v) is 10.6. The van der Waals surface area contributed by atoms with Gasteiger partial charge in [0.2, 0.25) is 5.91 Å². The molecule has 0 saturated heterocycles. The van der Waals surface area contributed by atoms with Crippen molar-refractivity contribution in [2.75, 3.05) is 11.9 Å². The van der Waals surface area contributed by atoms with Gasteiger partial charge >= 0.3 is 5.97 Å². The number of carbonyl (C=O) groups excluding carboxylic acids is 2. The highest BCUT2D eigenvalue weighted by atomic mass is 16.5. The molecule has 0 aliphatic rings. The van der Waals surface area contributed by atoms with E-state index in [0.29, 0.717) is 36.5 Å². The van der Waals surface area contributed by atoms with Gasteiger partial charge in [0.05, 0.1) is 23.8 Å². The minimum atomic E-state index is -0.776. The van der Waals surface area contributed by atoms with Crippen LogP contribution in [-0.4, -0.2) is 28.3 Å². The van der Waals surface area contributed by atoms with E-state index in [4.69, 9.17) is 4.74 Å². The Kier molecular flexibility index (Phi) is 8.03. The van der Waals surface area contributed by atoms with Gasteiger partial charge < -0.3 is 10.1 Å². The molecular weight excluding hydrogens is 382 g/mol. The third-order valence-electron chi connectivity index (χ3n) is 5.61. The van der Waals surface area contributed by atoms with E-state index in [1.165, 1.54) is 4.68 Å². The van der Waals surface area contributed by atoms with Crippen LogP contribution in [0.25, 0.3) is 5.69 Å². The third-order valence-corrected chi connectivity index (χ3v) is 5.61. The molecule has 2 atom stereocenters. The Bertz CT molecular complexity index is 916. The van der Waals surface area contributed by atoms with Gasteiger partial charge in [0.15, 0.2) is 0 Å². The molecule has 0 aliphatic heterocycles. The van der Waals surface area contributed by atoms with Crippen molar-refractivity contribution in [3.63, 3.8) is 0 Å². The molecule has 2 N–H and O–H groups in total. The molecule has 2 aromatic rings. The average Bonchev–Trinajstić information content (AvgIpc) is 3.02. The number of ether oxygens (including phenoxy) is 1. The number of nitrogens with one attached hydrogen (secondary N) is 2. The normalized spacial score (nSPS) is 14.0. The van der Waals surface area contributed by atoms with Crippen LogP contribution >= 0.6 is 0 Å². The van der Waals surface area contributed by atoms with Crippen LogP contribution in [0.3, 0.4) is 0 Å². The number of benzene rings is 1. The van der Waals surface area contributed by atoms with Gasteiger partial charge in [0.25, 0.3) is 5.56 Å². The quantitative estimate of drug-likeness (QED) is 0.449. The van der Waals surface area contributed by atoms with Crippen molar-refractivity contribution in [3.8, 4) is 5.69 Å². The number of anilines is 1. The van der Waals surface area contributed by atoms with E-state index in [1.54, 1.807) is 13.8 Å². The number of esters is 1. The lowest BCUT2D eigenvalue weighted by atomic mass is 9.78. The van der Waals surface area contributed by atoms with Crippen molar-refractivity contribution in [1.82, 2.24) is 9.78 Å². The van der Waals surface area contributed by atoms with E-state index in [1.807, 2.05) is 51.1 Å². The fourth-order valence-corrected chi connectivity index (χ4v) is 3.28. The molecule has 0 radical (unpaired) electrons. The number of rotatable bonds is 10. The Morgan fingerprint density at radius 3 is 2.50 bits per heavy atom. The summed E-state index contributed by atoms with van der Waals surface area (Å²) in [6.07, 6.45) is 2.70. The number of hydrogen-bond donors (Lipinski definition) is 2. The molecule has 0 fully saturated rings. The molecule has 1 heterocycles. The number of unbranched alkanes of at least 4 members (excludes halogenated alkanes) is 1. The van der Waals surface area contributed by atoms with E-state index in [-0.39, 0.29) is 17.4 Å². The van der Waals surface area contributed by atoms with Crippen molar-refractivity contribution >= 4 is 17.7 Å².